The molecule has 10 nitrogen and oxygen atoms in total. The molecule has 2 fully saturated rings. The van der Waals surface area contributed by atoms with Crippen molar-refractivity contribution in [2.75, 3.05) is 20.3 Å². The number of aromatic nitrogens is 1. The number of nitrogens with zero attached hydrogens (tertiary/aromatic N) is 2. The second-order valence-corrected chi connectivity index (χ2v) is 7.95. The van der Waals surface area contributed by atoms with Crippen molar-refractivity contribution in [2.24, 2.45) is 0 Å². The number of carbonyl (C=O) groups is 2. The molecule has 2 atom stereocenters. The summed E-state index contributed by atoms with van der Waals surface area (Å²) in [6.45, 7) is 1.28. The molecule has 1 aromatic heterocycles. The Morgan fingerprint density at radius 2 is 2.09 bits per heavy atom. The fourth-order valence-electron chi connectivity index (χ4n) is 3.27. The van der Waals surface area contributed by atoms with Crippen LogP contribution in [-0.4, -0.2) is 66.6 Å². The molecule has 1 aromatic carbocycles. The fourth-order valence-corrected chi connectivity index (χ4v) is 3.27. The van der Waals surface area contributed by atoms with Crippen molar-refractivity contribution in [2.45, 2.75) is 43.6 Å². The first-order valence-electron chi connectivity index (χ1n) is 10.6. The van der Waals surface area contributed by atoms with Crippen LogP contribution in [0.5, 0.6) is 5.75 Å². The van der Waals surface area contributed by atoms with Gasteiger partial charge in [0, 0.05) is 31.3 Å². The lowest BCUT2D eigenvalue weighted by atomic mass is 10.1. The van der Waals surface area contributed by atoms with E-state index < -0.39 is 12.1 Å². The molecule has 1 saturated carbocycles. The predicted molar refractivity (Wildman–Crippen MR) is 114 cm³/mol. The zero-order valence-electron chi connectivity index (χ0n) is 18.6. The number of nitriles is 1. The number of carboxylic acids is 1. The largest absolute Gasteiger partial charge is 0.490 e. The number of oxazole rings is 1. The van der Waals surface area contributed by atoms with Gasteiger partial charge in [-0.15, -0.1) is 0 Å². The minimum atomic E-state index is -5.08. The molecule has 13 heteroatoms. The van der Waals surface area contributed by atoms with Crippen LogP contribution in [0, 0.1) is 11.3 Å². The summed E-state index contributed by atoms with van der Waals surface area (Å²) in [5.41, 5.74) is 1.62. The van der Waals surface area contributed by atoms with E-state index >= 15 is 0 Å². The SMILES string of the molecule is COC[C@H]1C[C@@H](NC(=O)c2nc(-c3cc(C#N)ccc3OC3CC3)co2)CN1.O=C(O)C(F)(F)F. The quantitative estimate of drug-likeness (QED) is 0.526. The number of halogens is 3. The zero-order valence-corrected chi connectivity index (χ0v) is 18.6. The van der Waals surface area contributed by atoms with E-state index in [1.54, 1.807) is 25.3 Å². The number of ether oxygens (including phenoxy) is 2. The van der Waals surface area contributed by atoms with Gasteiger partial charge in [-0.2, -0.15) is 18.4 Å². The number of nitrogens with one attached hydrogen (secondary N) is 2. The summed E-state index contributed by atoms with van der Waals surface area (Å²) in [6.07, 6.45) is -0.629. The first-order valence-corrected chi connectivity index (χ1v) is 10.6. The van der Waals surface area contributed by atoms with Gasteiger partial charge in [-0.1, -0.05) is 0 Å². The minimum Gasteiger partial charge on any atom is -0.490 e. The number of methoxy groups -OCH3 is 1. The molecule has 188 valence electrons. The highest BCUT2D eigenvalue weighted by Gasteiger charge is 2.38. The third-order valence-corrected chi connectivity index (χ3v) is 5.07. The van der Waals surface area contributed by atoms with Crippen molar-refractivity contribution >= 4 is 11.9 Å². The van der Waals surface area contributed by atoms with E-state index in [1.807, 2.05) is 0 Å². The molecule has 0 radical (unpaired) electrons. The number of carbonyl (C=O) groups excluding carboxylic acids is 1. The van der Waals surface area contributed by atoms with E-state index in [2.05, 4.69) is 21.7 Å². The molecule has 2 aromatic rings. The van der Waals surface area contributed by atoms with Crippen molar-refractivity contribution in [3.8, 4) is 23.1 Å². The Hall–Kier alpha value is -3.63. The maximum atomic E-state index is 12.5. The summed E-state index contributed by atoms with van der Waals surface area (Å²) in [7, 11) is 1.66. The molecular formula is C22H23F3N4O6. The summed E-state index contributed by atoms with van der Waals surface area (Å²) in [4.78, 5) is 25.7. The Kier molecular flexibility index (Phi) is 8.31. The highest BCUT2D eigenvalue weighted by Crippen LogP contribution is 2.35. The van der Waals surface area contributed by atoms with Gasteiger partial charge in [0.25, 0.3) is 5.89 Å². The monoisotopic (exact) mass is 496 g/mol. The number of amides is 1. The van der Waals surface area contributed by atoms with Crippen LogP contribution in [-0.2, 0) is 9.53 Å². The minimum absolute atomic E-state index is 0.00122. The molecule has 1 aliphatic heterocycles. The number of alkyl halides is 3. The van der Waals surface area contributed by atoms with Gasteiger partial charge in [0.2, 0.25) is 0 Å². The summed E-state index contributed by atoms with van der Waals surface area (Å²) < 4.78 is 48.2. The van der Waals surface area contributed by atoms with Crippen LogP contribution in [0.3, 0.4) is 0 Å². The van der Waals surface area contributed by atoms with Crippen LogP contribution < -0.4 is 15.4 Å². The Balaban J connectivity index is 0.000000429. The average Bonchev–Trinajstić information content (AvgIpc) is 3.29. The number of carboxylic acid groups (broad SMARTS) is 1. The van der Waals surface area contributed by atoms with Crippen molar-refractivity contribution in [1.29, 1.82) is 5.26 Å². The highest BCUT2D eigenvalue weighted by atomic mass is 19.4. The molecule has 4 rings (SSSR count). The zero-order chi connectivity index (χ0) is 25.6. The summed E-state index contributed by atoms with van der Waals surface area (Å²) in [5, 5.41) is 22.6. The third kappa shape index (κ3) is 7.43. The summed E-state index contributed by atoms with van der Waals surface area (Å²) in [5.74, 6) is -2.49. The van der Waals surface area contributed by atoms with Gasteiger partial charge < -0.3 is 29.6 Å². The molecule has 0 bridgehead atoms. The van der Waals surface area contributed by atoms with Gasteiger partial charge >= 0.3 is 18.1 Å². The number of benzene rings is 1. The second kappa shape index (κ2) is 11.2. The molecule has 3 N–H and O–H groups in total. The standard InChI is InChI=1S/C20H22N4O4.C2HF3O2/c1-26-10-14-7-13(9-22-14)23-19(25)20-24-17(11-27-20)16-6-12(8-21)2-5-18(16)28-15-3-4-15;3-2(4,5)1(6)7/h2,5-6,11,13-15,22H,3-4,7,9-10H2,1H3,(H,23,25);(H,6,7)/t13-,14-;/m1./s1. The van der Waals surface area contributed by atoms with Gasteiger partial charge in [0.1, 0.15) is 17.7 Å². The molecule has 1 amide bonds. The first kappa shape index (κ1) is 26.0. The van der Waals surface area contributed by atoms with Crippen LogP contribution in [0.25, 0.3) is 11.3 Å². The first-order chi connectivity index (χ1) is 16.6. The maximum Gasteiger partial charge on any atom is 0.490 e. The number of aliphatic carboxylic acids is 1. The van der Waals surface area contributed by atoms with Gasteiger partial charge in [0.15, 0.2) is 0 Å². The van der Waals surface area contributed by atoms with Crippen LogP contribution in [0.15, 0.2) is 28.9 Å². The van der Waals surface area contributed by atoms with Gasteiger partial charge in [-0.25, -0.2) is 9.78 Å². The molecule has 35 heavy (non-hydrogen) atoms. The Morgan fingerprint density at radius 3 is 2.69 bits per heavy atom. The predicted octanol–water partition coefficient (Wildman–Crippen LogP) is 2.49. The molecule has 0 unspecified atom stereocenters. The Bertz CT molecular complexity index is 1090. The summed E-state index contributed by atoms with van der Waals surface area (Å²) >= 11 is 0. The lowest BCUT2D eigenvalue weighted by Gasteiger charge is -2.10. The van der Waals surface area contributed by atoms with Crippen molar-refractivity contribution in [1.82, 2.24) is 15.6 Å². The van der Waals surface area contributed by atoms with Crippen molar-refractivity contribution in [3.63, 3.8) is 0 Å². The Labute approximate surface area is 198 Å². The van der Waals surface area contributed by atoms with Gasteiger partial charge in [-0.3, -0.25) is 4.79 Å². The maximum absolute atomic E-state index is 12.5. The molecular weight excluding hydrogens is 473 g/mol. The van der Waals surface area contributed by atoms with Crippen molar-refractivity contribution < 1.29 is 41.8 Å². The average molecular weight is 496 g/mol. The van der Waals surface area contributed by atoms with Crippen LogP contribution in [0.4, 0.5) is 13.2 Å². The third-order valence-electron chi connectivity index (χ3n) is 5.07. The number of hydrogen-bond acceptors (Lipinski definition) is 8. The van der Waals surface area contributed by atoms with Crippen molar-refractivity contribution in [3.05, 3.63) is 35.9 Å². The normalized spacial score (nSPS) is 19.3. The van der Waals surface area contributed by atoms with E-state index in [-0.39, 0.29) is 30.0 Å². The van der Waals surface area contributed by atoms with E-state index in [9.17, 15) is 23.2 Å². The molecule has 2 aliphatic rings. The lowest BCUT2D eigenvalue weighted by Crippen LogP contribution is -2.36. The van der Waals surface area contributed by atoms with Crippen LogP contribution in [0.1, 0.15) is 35.5 Å². The van der Waals surface area contributed by atoms with Gasteiger partial charge in [0.05, 0.1) is 24.3 Å². The molecule has 1 aliphatic carbocycles. The fraction of sp³-hybridized carbons (Fsp3) is 0.455. The smallest absolute Gasteiger partial charge is 0.490 e. The highest BCUT2D eigenvalue weighted by molar-refractivity contribution is 5.90. The number of rotatable bonds is 7. The van der Waals surface area contributed by atoms with E-state index in [4.69, 9.17) is 23.8 Å². The second-order valence-electron chi connectivity index (χ2n) is 7.95. The van der Waals surface area contributed by atoms with Gasteiger partial charge in [-0.05, 0) is 37.5 Å². The topological polar surface area (TPSA) is 147 Å². The number of hydrogen-bond donors (Lipinski definition) is 3. The van der Waals surface area contributed by atoms with Crippen LogP contribution >= 0.6 is 0 Å². The molecule has 2 heterocycles. The van der Waals surface area contributed by atoms with E-state index in [0.29, 0.717) is 35.7 Å². The van der Waals surface area contributed by atoms with E-state index in [1.165, 1.54) is 6.26 Å². The van der Waals surface area contributed by atoms with Crippen LogP contribution in [0.2, 0.25) is 0 Å². The molecule has 0 spiro atoms. The Morgan fingerprint density at radius 1 is 1.37 bits per heavy atom. The lowest BCUT2D eigenvalue weighted by molar-refractivity contribution is -0.192. The summed E-state index contributed by atoms with van der Waals surface area (Å²) in [6, 6.07) is 7.52. The molecule has 1 saturated heterocycles. The van der Waals surface area contributed by atoms with E-state index in [0.717, 1.165) is 19.3 Å².